The molecule has 0 aliphatic carbocycles. The van der Waals surface area contributed by atoms with Crippen LogP contribution in [0.2, 0.25) is 5.15 Å². The molecular weight excluding hydrogens is 475 g/mol. The van der Waals surface area contributed by atoms with Gasteiger partial charge in [0.25, 0.3) is 0 Å². The van der Waals surface area contributed by atoms with E-state index in [1.165, 1.54) is 0 Å². The second-order valence-corrected chi connectivity index (χ2v) is 6.32. The molecular formula is C15H17Br2ClN6O. The molecule has 0 amide bonds. The van der Waals surface area contributed by atoms with Gasteiger partial charge < -0.3 is 10.5 Å². The van der Waals surface area contributed by atoms with E-state index in [4.69, 9.17) is 22.1 Å². The van der Waals surface area contributed by atoms with Crippen molar-refractivity contribution in [3.05, 3.63) is 33.8 Å². The molecule has 0 bridgehead atoms. The first-order chi connectivity index (χ1) is 11.6. The average molecular weight is 493 g/mol. The van der Waals surface area contributed by atoms with Gasteiger partial charge in [0, 0.05) is 6.20 Å². The first-order valence-electron chi connectivity index (χ1n) is 7.51. The Morgan fingerprint density at radius 2 is 2.08 bits per heavy atom. The number of nitrogens with zero attached hydrogens (tertiary/aromatic N) is 5. The van der Waals surface area contributed by atoms with Crippen LogP contribution < -0.4 is 10.5 Å². The quantitative estimate of drug-likeness (QED) is 0.317. The molecule has 0 atom stereocenters. The molecule has 0 saturated heterocycles. The SMILES string of the molecule is Br.CCCCOc1nc(N)c2nc(Br)n(Cc3ccc(Cl)nc3)c2n1. The Hall–Kier alpha value is -1.45. The van der Waals surface area contributed by atoms with Gasteiger partial charge in [0.1, 0.15) is 5.15 Å². The number of anilines is 1. The highest BCUT2D eigenvalue weighted by Crippen LogP contribution is 2.25. The molecule has 0 unspecified atom stereocenters. The van der Waals surface area contributed by atoms with Gasteiger partial charge >= 0.3 is 6.01 Å². The van der Waals surface area contributed by atoms with Crippen molar-refractivity contribution in [3.63, 3.8) is 0 Å². The van der Waals surface area contributed by atoms with Crippen LogP contribution in [0.15, 0.2) is 23.1 Å². The molecule has 0 spiro atoms. The van der Waals surface area contributed by atoms with Gasteiger partial charge in [-0.3, -0.25) is 4.57 Å². The van der Waals surface area contributed by atoms with Crippen LogP contribution in [-0.2, 0) is 6.54 Å². The number of aromatic nitrogens is 5. The second-order valence-electron chi connectivity index (χ2n) is 5.22. The molecule has 0 saturated carbocycles. The van der Waals surface area contributed by atoms with Crippen LogP contribution in [0.1, 0.15) is 25.3 Å². The lowest BCUT2D eigenvalue weighted by Crippen LogP contribution is -2.06. The number of hydrogen-bond donors (Lipinski definition) is 1. The minimum Gasteiger partial charge on any atom is -0.463 e. The number of rotatable bonds is 6. The first kappa shape index (κ1) is 19.9. The van der Waals surface area contributed by atoms with E-state index >= 15 is 0 Å². The summed E-state index contributed by atoms with van der Waals surface area (Å²) in [7, 11) is 0. The van der Waals surface area contributed by atoms with E-state index in [-0.39, 0.29) is 23.0 Å². The number of nitrogen functional groups attached to an aromatic ring is 1. The standard InChI is InChI=1S/C15H16BrClN6O.BrH/c1-2-3-6-24-15-21-12(18)11-13(22-15)23(14(16)20-11)8-9-4-5-10(17)19-7-9;/h4-5,7H,2-3,6,8H2,1H3,(H2,18,21,22);1H. The lowest BCUT2D eigenvalue weighted by atomic mass is 10.3. The van der Waals surface area contributed by atoms with Crippen molar-refractivity contribution in [1.82, 2.24) is 24.5 Å². The fraction of sp³-hybridized carbons (Fsp3) is 0.333. The lowest BCUT2D eigenvalue weighted by Gasteiger charge is -2.07. The van der Waals surface area contributed by atoms with Crippen LogP contribution in [0, 0.1) is 0 Å². The van der Waals surface area contributed by atoms with Crippen molar-refractivity contribution in [2.45, 2.75) is 26.3 Å². The van der Waals surface area contributed by atoms with Gasteiger partial charge in [0.15, 0.2) is 21.7 Å². The highest BCUT2D eigenvalue weighted by molar-refractivity contribution is 9.10. The highest BCUT2D eigenvalue weighted by Gasteiger charge is 2.16. The molecule has 3 aromatic rings. The molecule has 0 fully saturated rings. The number of halogens is 3. The highest BCUT2D eigenvalue weighted by atomic mass is 79.9. The molecule has 134 valence electrons. The summed E-state index contributed by atoms with van der Waals surface area (Å²) in [4.78, 5) is 17.1. The third-order valence-corrected chi connectivity index (χ3v) is 4.24. The van der Waals surface area contributed by atoms with Gasteiger partial charge in [0.2, 0.25) is 0 Å². The van der Waals surface area contributed by atoms with Crippen LogP contribution in [0.25, 0.3) is 11.2 Å². The molecule has 7 nitrogen and oxygen atoms in total. The number of nitrogens with two attached hydrogens (primary N) is 1. The third-order valence-electron chi connectivity index (χ3n) is 3.41. The zero-order valence-corrected chi connectivity index (χ0v) is 17.5. The number of hydrogen-bond acceptors (Lipinski definition) is 6. The summed E-state index contributed by atoms with van der Waals surface area (Å²) in [6.45, 7) is 3.16. The summed E-state index contributed by atoms with van der Waals surface area (Å²) in [5.74, 6) is 0.292. The van der Waals surface area contributed by atoms with Crippen LogP contribution in [0.4, 0.5) is 5.82 Å². The van der Waals surface area contributed by atoms with E-state index in [1.54, 1.807) is 12.3 Å². The zero-order valence-electron chi connectivity index (χ0n) is 13.4. The van der Waals surface area contributed by atoms with E-state index in [0.717, 1.165) is 18.4 Å². The molecule has 3 rings (SSSR count). The Morgan fingerprint density at radius 3 is 2.76 bits per heavy atom. The Morgan fingerprint density at radius 1 is 1.28 bits per heavy atom. The molecule has 10 heteroatoms. The molecule has 25 heavy (non-hydrogen) atoms. The van der Waals surface area contributed by atoms with Gasteiger partial charge in [-0.15, -0.1) is 17.0 Å². The summed E-state index contributed by atoms with van der Waals surface area (Å²) >= 11 is 9.27. The Balaban J connectivity index is 0.00000225. The summed E-state index contributed by atoms with van der Waals surface area (Å²) < 4.78 is 8.07. The van der Waals surface area contributed by atoms with Crippen molar-refractivity contribution in [1.29, 1.82) is 0 Å². The van der Waals surface area contributed by atoms with Crippen molar-refractivity contribution in [2.24, 2.45) is 0 Å². The van der Waals surface area contributed by atoms with Gasteiger partial charge in [-0.25, -0.2) is 9.97 Å². The predicted octanol–water partition coefficient (Wildman–Crippen LogP) is 4.02. The van der Waals surface area contributed by atoms with Crippen LogP contribution in [0.5, 0.6) is 6.01 Å². The predicted molar refractivity (Wildman–Crippen MR) is 107 cm³/mol. The summed E-state index contributed by atoms with van der Waals surface area (Å²) in [5.41, 5.74) is 8.10. The summed E-state index contributed by atoms with van der Waals surface area (Å²) in [5, 5.41) is 0.450. The maximum atomic E-state index is 6.00. The van der Waals surface area contributed by atoms with E-state index in [0.29, 0.717) is 40.0 Å². The smallest absolute Gasteiger partial charge is 0.320 e. The zero-order chi connectivity index (χ0) is 17.1. The Bertz CT molecular complexity index is 855. The number of pyridine rings is 1. The van der Waals surface area contributed by atoms with E-state index in [2.05, 4.69) is 42.8 Å². The minimum absolute atomic E-state index is 0. The van der Waals surface area contributed by atoms with Gasteiger partial charge in [-0.2, -0.15) is 9.97 Å². The molecule has 0 aromatic carbocycles. The summed E-state index contributed by atoms with van der Waals surface area (Å²) in [6.07, 6.45) is 3.68. The molecule has 2 N–H and O–H groups in total. The van der Waals surface area contributed by atoms with E-state index in [9.17, 15) is 0 Å². The number of unbranched alkanes of at least 4 members (excludes halogenated alkanes) is 1. The lowest BCUT2D eigenvalue weighted by molar-refractivity contribution is 0.286. The maximum absolute atomic E-state index is 6.00. The Labute approximate surface area is 168 Å². The van der Waals surface area contributed by atoms with Gasteiger partial charge in [-0.05, 0) is 34.0 Å². The number of ether oxygens (including phenoxy) is 1. The molecule has 0 aliphatic heterocycles. The molecule has 3 aromatic heterocycles. The summed E-state index contributed by atoms with van der Waals surface area (Å²) in [6, 6.07) is 3.90. The topological polar surface area (TPSA) is 91.7 Å². The first-order valence-corrected chi connectivity index (χ1v) is 8.68. The van der Waals surface area contributed by atoms with E-state index < -0.39 is 0 Å². The van der Waals surface area contributed by atoms with Gasteiger partial charge in [0.05, 0.1) is 13.2 Å². The normalized spacial score (nSPS) is 10.7. The van der Waals surface area contributed by atoms with Crippen LogP contribution in [-0.4, -0.2) is 31.1 Å². The van der Waals surface area contributed by atoms with Crippen molar-refractivity contribution < 1.29 is 4.74 Å². The number of fused-ring (bicyclic) bond motifs is 1. The number of imidazole rings is 1. The minimum atomic E-state index is 0. The van der Waals surface area contributed by atoms with Crippen LogP contribution in [0.3, 0.4) is 0 Å². The van der Waals surface area contributed by atoms with Crippen molar-refractivity contribution in [3.8, 4) is 6.01 Å². The molecule has 3 heterocycles. The monoisotopic (exact) mass is 490 g/mol. The second kappa shape index (κ2) is 8.77. The van der Waals surface area contributed by atoms with E-state index in [1.807, 2.05) is 10.6 Å². The average Bonchev–Trinajstić information content (AvgIpc) is 2.87. The maximum Gasteiger partial charge on any atom is 0.320 e. The molecule has 0 radical (unpaired) electrons. The third kappa shape index (κ3) is 4.59. The van der Waals surface area contributed by atoms with Crippen LogP contribution >= 0.6 is 44.5 Å². The fourth-order valence-electron chi connectivity index (χ4n) is 2.17. The van der Waals surface area contributed by atoms with Gasteiger partial charge in [-0.1, -0.05) is 31.0 Å². The fourth-order valence-corrected chi connectivity index (χ4v) is 2.75. The molecule has 0 aliphatic rings. The Kier molecular flexibility index (Phi) is 6.97. The van der Waals surface area contributed by atoms with Crippen molar-refractivity contribution in [2.75, 3.05) is 12.3 Å². The van der Waals surface area contributed by atoms with Crippen molar-refractivity contribution >= 4 is 61.5 Å². The largest absolute Gasteiger partial charge is 0.463 e.